The SMILES string of the molecule is Cc1cccc(N(c2ccc3c(c2)C(c2ccccc2)(c2ccccc2)c2cc(N(c4cccc(C)c4)c4cccc5c4oc4c(-c6ccccc6C)cccc45)c4ccccc4c2-3)c2cccc3c2oc2c(-c4ccccc4C)cccc23)c1. The predicted molar refractivity (Wildman–Crippen MR) is 355 cm³/mol. The highest BCUT2D eigenvalue weighted by Crippen LogP contribution is 2.61. The van der Waals surface area contributed by atoms with Crippen molar-refractivity contribution in [2.75, 3.05) is 9.80 Å². The predicted octanol–water partition coefficient (Wildman–Crippen LogP) is 22.5. The van der Waals surface area contributed by atoms with E-state index in [1.165, 1.54) is 55.5 Å². The quantitative estimate of drug-likeness (QED) is 0.137. The molecule has 4 heteroatoms. The van der Waals surface area contributed by atoms with Crippen molar-refractivity contribution in [3.63, 3.8) is 0 Å². The van der Waals surface area contributed by atoms with Gasteiger partial charge < -0.3 is 18.6 Å². The van der Waals surface area contributed by atoms with Gasteiger partial charge in [-0.2, -0.15) is 0 Å². The Balaban J connectivity index is 0.979. The second kappa shape index (κ2) is 19.8. The first-order chi connectivity index (χ1) is 41.8. The molecule has 1 aliphatic carbocycles. The van der Waals surface area contributed by atoms with E-state index in [9.17, 15) is 0 Å². The molecule has 2 heterocycles. The van der Waals surface area contributed by atoms with Crippen molar-refractivity contribution in [1.82, 2.24) is 0 Å². The smallest absolute Gasteiger partial charge is 0.159 e. The third-order valence-electron chi connectivity index (χ3n) is 17.9. The van der Waals surface area contributed by atoms with Crippen LogP contribution in [0.3, 0.4) is 0 Å². The van der Waals surface area contributed by atoms with Gasteiger partial charge in [0.2, 0.25) is 0 Å². The molecule has 0 spiro atoms. The first-order valence-electron chi connectivity index (χ1n) is 29.4. The maximum Gasteiger partial charge on any atom is 0.159 e. The zero-order valence-corrected chi connectivity index (χ0v) is 47.8. The van der Waals surface area contributed by atoms with Crippen molar-refractivity contribution >= 4 is 88.8 Å². The lowest BCUT2D eigenvalue weighted by Crippen LogP contribution is -2.29. The zero-order chi connectivity index (χ0) is 56.9. The van der Waals surface area contributed by atoms with E-state index in [1.54, 1.807) is 0 Å². The number of benzene rings is 13. The van der Waals surface area contributed by atoms with E-state index in [-0.39, 0.29) is 0 Å². The highest BCUT2D eigenvalue weighted by atomic mass is 16.3. The summed E-state index contributed by atoms with van der Waals surface area (Å²) in [5.41, 5.74) is 25.1. The molecule has 2 aromatic heterocycles. The molecule has 0 saturated heterocycles. The molecule has 0 bridgehead atoms. The number of aryl methyl sites for hydroxylation is 4. The second-order valence-corrected chi connectivity index (χ2v) is 22.9. The van der Waals surface area contributed by atoms with E-state index in [2.05, 4.69) is 317 Å². The van der Waals surface area contributed by atoms with Crippen LogP contribution in [0.1, 0.15) is 44.5 Å². The van der Waals surface area contributed by atoms with Gasteiger partial charge in [-0.15, -0.1) is 0 Å². The fraction of sp³-hybridized carbons (Fsp3) is 0.0617. The molecule has 0 saturated carbocycles. The number of nitrogens with zero attached hydrogens (tertiary/aromatic N) is 2. The van der Waals surface area contributed by atoms with Crippen LogP contribution in [0.2, 0.25) is 0 Å². The van der Waals surface area contributed by atoms with Gasteiger partial charge >= 0.3 is 0 Å². The molecule has 16 rings (SSSR count). The van der Waals surface area contributed by atoms with Gasteiger partial charge in [-0.25, -0.2) is 0 Å². The summed E-state index contributed by atoms with van der Waals surface area (Å²) in [6.45, 7) is 8.70. The highest BCUT2D eigenvalue weighted by Gasteiger charge is 2.48. The van der Waals surface area contributed by atoms with E-state index in [0.29, 0.717) is 0 Å². The number of anilines is 6. The Kier molecular flexibility index (Phi) is 11.6. The van der Waals surface area contributed by atoms with Crippen molar-refractivity contribution in [3.8, 4) is 33.4 Å². The minimum absolute atomic E-state index is 0.805. The molecule has 0 unspecified atom stereocenters. The standard InChI is InChI=1S/C81H58N2O2/c1-51-23-17-31-57(47-51)82(73-43-21-41-68-66-39-19-37-64(77(66)84-79(68)73)60-33-13-11-25-53(60)3)59-45-46-70-71(49-59)81(55-27-7-5-8-28-55,56-29-9-6-10-30-56)72-50-75(62-35-15-16-36-63(62)76(70)72)83(58-32-18-24-52(2)48-58)74-44-22-42-69-67-40-20-38-65(78(67)85-80(69)74)61-34-14-12-26-54(61)4/h5-50H,1-4H3. The van der Waals surface area contributed by atoms with Crippen LogP contribution in [0.4, 0.5) is 34.1 Å². The summed E-state index contributed by atoms with van der Waals surface area (Å²) in [6, 6.07) is 102. The van der Waals surface area contributed by atoms with Crippen molar-refractivity contribution in [2.24, 2.45) is 0 Å². The first-order valence-corrected chi connectivity index (χ1v) is 29.4. The average molecular weight is 1090 g/mol. The van der Waals surface area contributed by atoms with Gasteiger partial charge in [0.05, 0.1) is 22.5 Å². The van der Waals surface area contributed by atoms with E-state index >= 15 is 0 Å². The fourth-order valence-electron chi connectivity index (χ4n) is 14.1. The Labute approximate surface area is 494 Å². The summed E-state index contributed by atoms with van der Waals surface area (Å²) >= 11 is 0. The maximum absolute atomic E-state index is 7.35. The lowest BCUT2D eigenvalue weighted by Gasteiger charge is -2.36. The molecule has 0 radical (unpaired) electrons. The highest BCUT2D eigenvalue weighted by molar-refractivity contribution is 6.17. The van der Waals surface area contributed by atoms with Gasteiger partial charge in [0.1, 0.15) is 11.2 Å². The normalized spacial score (nSPS) is 12.6. The van der Waals surface area contributed by atoms with Crippen LogP contribution in [-0.2, 0) is 5.41 Å². The summed E-state index contributed by atoms with van der Waals surface area (Å²) in [4.78, 5) is 4.87. The fourth-order valence-corrected chi connectivity index (χ4v) is 14.1. The Hall–Kier alpha value is -10.7. The molecular formula is C81H58N2O2. The van der Waals surface area contributed by atoms with E-state index < -0.39 is 5.41 Å². The van der Waals surface area contributed by atoms with Gasteiger partial charge in [0.25, 0.3) is 0 Å². The Morgan fingerprint density at radius 3 is 1.24 bits per heavy atom. The number of fused-ring (bicyclic) bond motifs is 11. The van der Waals surface area contributed by atoms with Crippen LogP contribution < -0.4 is 9.80 Å². The van der Waals surface area contributed by atoms with E-state index in [1.807, 2.05) is 0 Å². The number of rotatable bonds is 10. The van der Waals surface area contributed by atoms with Crippen LogP contribution in [0, 0.1) is 27.7 Å². The number of para-hydroxylation sites is 4. The number of furan rings is 2. The molecular weight excluding hydrogens is 1030 g/mol. The topological polar surface area (TPSA) is 32.8 Å². The lowest BCUT2D eigenvalue weighted by molar-refractivity contribution is 0.670. The lowest BCUT2D eigenvalue weighted by atomic mass is 9.67. The second-order valence-electron chi connectivity index (χ2n) is 22.9. The van der Waals surface area contributed by atoms with Gasteiger partial charge in [-0.3, -0.25) is 0 Å². The summed E-state index contributed by atoms with van der Waals surface area (Å²) in [7, 11) is 0. The van der Waals surface area contributed by atoms with Crippen LogP contribution in [0.25, 0.3) is 88.0 Å². The maximum atomic E-state index is 7.35. The number of hydrogen-bond donors (Lipinski definition) is 0. The monoisotopic (exact) mass is 1090 g/mol. The van der Waals surface area contributed by atoms with Crippen molar-refractivity contribution in [3.05, 3.63) is 324 Å². The Morgan fingerprint density at radius 1 is 0.271 bits per heavy atom. The van der Waals surface area contributed by atoms with Crippen molar-refractivity contribution < 1.29 is 8.83 Å². The van der Waals surface area contributed by atoms with E-state index in [4.69, 9.17) is 8.83 Å². The van der Waals surface area contributed by atoms with Gasteiger partial charge in [-0.05, 0) is 154 Å². The molecule has 0 atom stereocenters. The first kappa shape index (κ1) is 50.1. The average Bonchev–Trinajstić information content (AvgIpc) is 1.76. The van der Waals surface area contributed by atoms with E-state index in [0.717, 1.165) is 111 Å². The largest absolute Gasteiger partial charge is 0.453 e. The molecule has 15 aromatic rings. The minimum atomic E-state index is -0.805. The summed E-state index contributed by atoms with van der Waals surface area (Å²) in [5, 5.41) is 6.61. The molecule has 404 valence electrons. The molecule has 0 aliphatic heterocycles. The van der Waals surface area contributed by atoms with Crippen molar-refractivity contribution in [2.45, 2.75) is 33.1 Å². The summed E-state index contributed by atoms with van der Waals surface area (Å²) in [6.07, 6.45) is 0. The zero-order valence-electron chi connectivity index (χ0n) is 47.8. The molecule has 4 nitrogen and oxygen atoms in total. The molecule has 13 aromatic carbocycles. The van der Waals surface area contributed by atoms with Gasteiger partial charge in [0, 0.05) is 55.1 Å². The third kappa shape index (κ3) is 7.75. The summed E-state index contributed by atoms with van der Waals surface area (Å²) in [5.74, 6) is 0. The molecule has 85 heavy (non-hydrogen) atoms. The molecule has 1 aliphatic rings. The van der Waals surface area contributed by atoms with Gasteiger partial charge in [-0.1, -0.05) is 224 Å². The van der Waals surface area contributed by atoms with Crippen LogP contribution in [0.15, 0.2) is 288 Å². The van der Waals surface area contributed by atoms with Crippen molar-refractivity contribution in [1.29, 1.82) is 0 Å². The molecule has 0 N–H and O–H groups in total. The summed E-state index contributed by atoms with van der Waals surface area (Å²) < 4.78 is 14.6. The van der Waals surface area contributed by atoms with Crippen LogP contribution in [0.5, 0.6) is 0 Å². The van der Waals surface area contributed by atoms with Gasteiger partial charge in [0.15, 0.2) is 11.2 Å². The van der Waals surface area contributed by atoms with Crippen LogP contribution >= 0.6 is 0 Å². The number of hydrogen-bond acceptors (Lipinski definition) is 4. The minimum Gasteiger partial charge on any atom is -0.453 e. The Bertz CT molecular complexity index is 5110. The molecule has 0 fully saturated rings. The van der Waals surface area contributed by atoms with Crippen LogP contribution in [-0.4, -0.2) is 0 Å². The molecule has 0 amide bonds. The Morgan fingerprint density at radius 2 is 0.694 bits per heavy atom. The third-order valence-corrected chi connectivity index (χ3v) is 17.9.